The molecule has 1 saturated heterocycles. The summed E-state index contributed by atoms with van der Waals surface area (Å²) in [6.07, 6.45) is 1.79. The Morgan fingerprint density at radius 3 is 2.70 bits per heavy atom. The summed E-state index contributed by atoms with van der Waals surface area (Å²) in [6, 6.07) is 18.1. The first kappa shape index (κ1) is 26.8. The lowest BCUT2D eigenvalue weighted by molar-refractivity contribution is -0.384. The Hall–Kier alpha value is -4.84. The zero-order valence-electron chi connectivity index (χ0n) is 21.2. The fourth-order valence-corrected chi connectivity index (χ4v) is 4.92. The van der Waals surface area contributed by atoms with Gasteiger partial charge in [-0.05, 0) is 66.8 Å². The highest BCUT2D eigenvalue weighted by Gasteiger charge is 2.41. The topological polar surface area (TPSA) is 123 Å². The molecule has 0 aliphatic carbocycles. The van der Waals surface area contributed by atoms with Crippen molar-refractivity contribution in [3.05, 3.63) is 106 Å². The van der Waals surface area contributed by atoms with E-state index in [1.54, 1.807) is 24.4 Å². The van der Waals surface area contributed by atoms with Crippen LogP contribution in [0.5, 0.6) is 5.75 Å². The Kier molecular flexibility index (Phi) is 7.69. The van der Waals surface area contributed by atoms with E-state index >= 15 is 0 Å². The van der Waals surface area contributed by atoms with Crippen molar-refractivity contribution in [2.24, 2.45) is 0 Å². The molecule has 1 amide bonds. The van der Waals surface area contributed by atoms with E-state index in [0.717, 1.165) is 5.69 Å². The molecule has 0 spiro atoms. The van der Waals surface area contributed by atoms with E-state index < -0.39 is 11.0 Å². The van der Waals surface area contributed by atoms with Crippen molar-refractivity contribution in [1.29, 1.82) is 0 Å². The standard InChI is InChI=1S/C28H24FN5O5S/c1-38-24-16-19(34(36)37)9-10-20(24)22-11-12-23(39-22)27-26(21-4-2-3-14-30-21)32-28(40)33(27)15-13-25(35)31-18-7-5-17(29)6-8-18/h2-12,14,16,26-27H,13,15H2,1H3,(H,31,35)(H,32,40)/t26-,27+/m0/s1. The van der Waals surface area contributed by atoms with Gasteiger partial charge in [-0.25, -0.2) is 4.39 Å². The Morgan fingerprint density at radius 1 is 1.20 bits per heavy atom. The molecule has 12 heteroatoms. The lowest BCUT2D eigenvalue weighted by Crippen LogP contribution is -2.32. The summed E-state index contributed by atoms with van der Waals surface area (Å²) in [5.74, 6) is 0.653. The minimum atomic E-state index is -0.493. The van der Waals surface area contributed by atoms with Gasteiger partial charge in [0.2, 0.25) is 5.91 Å². The number of anilines is 1. The average molecular weight is 562 g/mol. The van der Waals surface area contributed by atoms with Crippen LogP contribution < -0.4 is 15.4 Å². The highest BCUT2D eigenvalue weighted by molar-refractivity contribution is 7.80. The number of carbonyl (C=O) groups excluding carboxylic acids is 1. The van der Waals surface area contributed by atoms with E-state index in [4.69, 9.17) is 21.4 Å². The molecule has 3 heterocycles. The quantitative estimate of drug-likeness (QED) is 0.157. The summed E-state index contributed by atoms with van der Waals surface area (Å²) < 4.78 is 24.9. The first-order valence-electron chi connectivity index (χ1n) is 12.3. The number of rotatable bonds is 9. The molecule has 1 aliphatic rings. The minimum Gasteiger partial charge on any atom is -0.496 e. The molecule has 2 aromatic carbocycles. The average Bonchev–Trinajstić information content (AvgIpc) is 3.57. The van der Waals surface area contributed by atoms with Crippen LogP contribution in [0.3, 0.4) is 0 Å². The number of nitrogens with one attached hydrogen (secondary N) is 2. The van der Waals surface area contributed by atoms with E-state index in [9.17, 15) is 19.3 Å². The zero-order chi connectivity index (χ0) is 28.2. The number of hydrogen-bond donors (Lipinski definition) is 2. The molecular weight excluding hydrogens is 537 g/mol. The number of amides is 1. The predicted octanol–water partition coefficient (Wildman–Crippen LogP) is 5.40. The van der Waals surface area contributed by atoms with Crippen molar-refractivity contribution in [3.63, 3.8) is 0 Å². The number of aromatic nitrogens is 1. The SMILES string of the molecule is COc1cc([N+](=O)[O-])ccc1-c1ccc([C@@H]2[C@H](c3ccccn3)NC(=S)N2CCC(=O)Nc2ccc(F)cc2)o1. The number of non-ortho nitro benzene ring substituents is 1. The van der Waals surface area contributed by atoms with E-state index in [1.165, 1.54) is 43.5 Å². The number of thiocarbonyl (C=S) groups is 1. The van der Waals surface area contributed by atoms with Crippen LogP contribution in [-0.4, -0.2) is 39.5 Å². The molecule has 0 saturated carbocycles. The number of pyridine rings is 1. The predicted molar refractivity (Wildman–Crippen MR) is 149 cm³/mol. The van der Waals surface area contributed by atoms with Gasteiger partial charge in [0.1, 0.15) is 29.1 Å². The molecule has 1 aliphatic heterocycles. The van der Waals surface area contributed by atoms with Gasteiger partial charge in [0.15, 0.2) is 5.11 Å². The normalized spacial score (nSPS) is 16.4. The fourth-order valence-electron chi connectivity index (χ4n) is 4.59. The first-order chi connectivity index (χ1) is 19.3. The Balaban J connectivity index is 1.42. The van der Waals surface area contributed by atoms with E-state index in [1.807, 2.05) is 23.1 Å². The van der Waals surface area contributed by atoms with Gasteiger partial charge in [-0.15, -0.1) is 0 Å². The van der Waals surface area contributed by atoms with Gasteiger partial charge >= 0.3 is 0 Å². The third-order valence-corrected chi connectivity index (χ3v) is 6.84. The number of nitro groups is 1. The maximum Gasteiger partial charge on any atom is 0.273 e. The van der Waals surface area contributed by atoms with Crippen LogP contribution in [0.25, 0.3) is 11.3 Å². The maximum absolute atomic E-state index is 13.2. The molecule has 0 radical (unpaired) electrons. The van der Waals surface area contributed by atoms with Crippen LogP contribution in [0.1, 0.15) is 30.0 Å². The third kappa shape index (κ3) is 5.61. The Labute approximate surface area is 233 Å². The fraction of sp³-hybridized carbons (Fsp3) is 0.179. The molecule has 0 unspecified atom stereocenters. The summed E-state index contributed by atoms with van der Waals surface area (Å²) in [7, 11) is 1.43. The van der Waals surface area contributed by atoms with Crippen molar-refractivity contribution in [3.8, 4) is 17.1 Å². The number of furan rings is 1. The van der Waals surface area contributed by atoms with E-state index in [2.05, 4.69) is 15.6 Å². The smallest absolute Gasteiger partial charge is 0.273 e. The molecular formula is C28H24FN5O5S. The molecule has 10 nitrogen and oxygen atoms in total. The van der Waals surface area contributed by atoms with Crippen LogP contribution in [0.15, 0.2) is 83.4 Å². The van der Waals surface area contributed by atoms with Gasteiger partial charge in [-0.2, -0.15) is 0 Å². The monoisotopic (exact) mass is 561 g/mol. The number of nitrogens with zero attached hydrogens (tertiary/aromatic N) is 3. The second-order valence-electron chi connectivity index (χ2n) is 8.97. The highest BCUT2D eigenvalue weighted by atomic mass is 32.1. The number of methoxy groups -OCH3 is 1. The molecule has 2 N–H and O–H groups in total. The number of carbonyl (C=O) groups is 1. The highest BCUT2D eigenvalue weighted by Crippen LogP contribution is 2.42. The lowest BCUT2D eigenvalue weighted by Gasteiger charge is -2.25. The third-order valence-electron chi connectivity index (χ3n) is 6.49. The van der Waals surface area contributed by atoms with Gasteiger partial charge in [-0.1, -0.05) is 6.07 Å². The Bertz CT molecular complexity index is 1550. The molecule has 1 fully saturated rings. The largest absolute Gasteiger partial charge is 0.496 e. The Morgan fingerprint density at radius 2 is 2.00 bits per heavy atom. The number of ether oxygens (including phenoxy) is 1. The maximum atomic E-state index is 13.2. The van der Waals surface area contributed by atoms with Crippen LogP contribution in [0, 0.1) is 15.9 Å². The van der Waals surface area contributed by atoms with Crippen molar-refractivity contribution in [1.82, 2.24) is 15.2 Å². The van der Waals surface area contributed by atoms with Gasteiger partial charge in [0, 0.05) is 30.9 Å². The molecule has 40 heavy (non-hydrogen) atoms. The van der Waals surface area contributed by atoms with E-state index in [-0.39, 0.29) is 36.4 Å². The summed E-state index contributed by atoms with van der Waals surface area (Å²) in [4.78, 5) is 29.8. The van der Waals surface area contributed by atoms with Crippen molar-refractivity contribution in [2.75, 3.05) is 19.0 Å². The van der Waals surface area contributed by atoms with Gasteiger partial charge in [-0.3, -0.25) is 19.9 Å². The number of nitro benzene ring substituents is 1. The second kappa shape index (κ2) is 11.5. The number of hydrogen-bond acceptors (Lipinski definition) is 7. The summed E-state index contributed by atoms with van der Waals surface area (Å²) in [5, 5.41) is 17.7. The van der Waals surface area contributed by atoms with Crippen LogP contribution in [0.4, 0.5) is 15.8 Å². The second-order valence-corrected chi connectivity index (χ2v) is 9.36. The molecule has 5 rings (SSSR count). The number of benzene rings is 2. The summed E-state index contributed by atoms with van der Waals surface area (Å²) >= 11 is 5.66. The van der Waals surface area contributed by atoms with Crippen LogP contribution in [-0.2, 0) is 4.79 Å². The van der Waals surface area contributed by atoms with Crippen LogP contribution >= 0.6 is 12.2 Å². The summed E-state index contributed by atoms with van der Waals surface area (Å²) in [6.45, 7) is 0.268. The summed E-state index contributed by atoms with van der Waals surface area (Å²) in [5.41, 5.74) is 1.67. The van der Waals surface area contributed by atoms with Gasteiger partial charge < -0.3 is 24.7 Å². The van der Waals surface area contributed by atoms with Gasteiger partial charge in [0.25, 0.3) is 5.69 Å². The van der Waals surface area contributed by atoms with Gasteiger partial charge in [0.05, 0.1) is 35.4 Å². The molecule has 204 valence electrons. The lowest BCUT2D eigenvalue weighted by atomic mass is 10.0. The van der Waals surface area contributed by atoms with Crippen molar-refractivity contribution >= 4 is 34.6 Å². The van der Waals surface area contributed by atoms with Crippen molar-refractivity contribution < 1.29 is 23.3 Å². The molecule has 0 bridgehead atoms. The molecule has 2 aromatic heterocycles. The minimum absolute atomic E-state index is 0.0990. The molecule has 2 atom stereocenters. The first-order valence-corrected chi connectivity index (χ1v) is 12.7. The molecule has 4 aromatic rings. The van der Waals surface area contributed by atoms with Crippen molar-refractivity contribution in [2.45, 2.75) is 18.5 Å². The number of halogens is 1. The zero-order valence-corrected chi connectivity index (χ0v) is 22.1. The van der Waals surface area contributed by atoms with E-state index in [0.29, 0.717) is 33.6 Å². The van der Waals surface area contributed by atoms with Crippen LogP contribution in [0.2, 0.25) is 0 Å².